The van der Waals surface area contributed by atoms with E-state index in [0.29, 0.717) is 29.7 Å². The maximum Gasteiger partial charge on any atom is 0.329 e. The molecule has 9 unspecified atom stereocenters. The molecule has 384 valence electrons. The average Bonchev–Trinajstić information content (AvgIpc) is 3.30. The fourth-order valence-corrected chi connectivity index (χ4v) is 8.47. The zero-order valence-electron chi connectivity index (χ0n) is 41.4. The van der Waals surface area contributed by atoms with Crippen molar-refractivity contribution < 1.29 is 62.8 Å². The predicted molar refractivity (Wildman–Crippen MR) is 255 cm³/mol. The first-order chi connectivity index (χ1) is 33.1. The number of methoxy groups -OCH3 is 1. The van der Waals surface area contributed by atoms with E-state index in [0.717, 1.165) is 16.2 Å². The highest BCUT2D eigenvalue weighted by Crippen LogP contribution is 2.26. The highest BCUT2D eigenvalue weighted by Gasteiger charge is 2.46. The van der Waals surface area contributed by atoms with Gasteiger partial charge in [0.2, 0.25) is 41.4 Å². The molecule has 70 heavy (non-hydrogen) atoms. The second kappa shape index (κ2) is 26.4. The molecule has 0 radical (unpaired) electrons. The number of aliphatic hydroxyl groups excluding tert-OH is 1. The molecule has 4 rings (SSSR count). The first kappa shape index (κ1) is 56.0. The summed E-state index contributed by atoms with van der Waals surface area (Å²) in [5.41, 5.74) is 1.21. The minimum absolute atomic E-state index is 0.00226. The summed E-state index contributed by atoms with van der Waals surface area (Å²) in [6.45, 7) is 10.0. The number of carboxylic acids is 1. The minimum Gasteiger partial charge on any atom is -0.497 e. The van der Waals surface area contributed by atoms with Gasteiger partial charge < -0.3 is 56.1 Å². The molecule has 20 heteroatoms. The van der Waals surface area contributed by atoms with Gasteiger partial charge in [-0.25, -0.2) is 4.79 Å². The number of amides is 7. The Hall–Kier alpha value is -6.57. The van der Waals surface area contributed by atoms with Crippen LogP contribution in [-0.2, 0) is 60.7 Å². The van der Waals surface area contributed by atoms with Crippen LogP contribution in [0, 0.1) is 11.8 Å². The van der Waals surface area contributed by atoms with Gasteiger partial charge >= 0.3 is 11.9 Å². The molecule has 2 saturated heterocycles. The van der Waals surface area contributed by atoms with Gasteiger partial charge in [-0.2, -0.15) is 0 Å². The van der Waals surface area contributed by atoms with Crippen LogP contribution in [0.5, 0.6) is 5.75 Å². The van der Waals surface area contributed by atoms with E-state index >= 15 is 4.79 Å². The third kappa shape index (κ3) is 15.7. The van der Waals surface area contributed by atoms with E-state index in [2.05, 4.69) is 26.6 Å². The van der Waals surface area contributed by atoms with Crippen molar-refractivity contribution in [1.82, 2.24) is 36.4 Å². The average molecular weight is 978 g/mol. The molecule has 2 aliphatic rings. The van der Waals surface area contributed by atoms with Gasteiger partial charge in [0, 0.05) is 26.3 Å². The normalized spacial score (nSPS) is 24.6. The Morgan fingerprint density at radius 2 is 1.47 bits per heavy atom. The number of cyclic esters (lactones) is 1. The standard InChI is InChI=1S/C50H71N7O13/c1-9-10-12-17-39(58)51-36(27-41(60)61)45(63)55-43-30(6)70-50(68)42(29(4)5)54-46(64)37(25-32-18-20-33(69-8)21-19-32)56(7)49(67)38(26-31-15-13-11-14-16-31)57-40(59)23-22-34(48(57)66)52-44(62)35(24-28(2)3)53-47(43)65/h11,13-16,18-21,28-30,34-38,40,42-43,59H,9-10,12,17,22-27H2,1-8H3,(H,51,58)(H,52,62)(H,53,65)(H,54,64)(H,55,63)(H,60,61). The fourth-order valence-electron chi connectivity index (χ4n) is 8.47. The second-order valence-electron chi connectivity index (χ2n) is 18.8. The smallest absolute Gasteiger partial charge is 0.329 e. The SMILES string of the molecule is CCCCCC(=O)NC(CC(=O)O)C(=O)NC1C(=O)NC(CC(C)C)C(=O)NC2CCC(O)N(C2=O)C(Cc2ccccc2)C(=O)N(C)C(Cc2ccc(OC)cc2)C(=O)NC(C(C)C)C(=O)OC1C. The molecule has 2 aromatic rings. The van der Waals surface area contributed by atoms with Gasteiger partial charge in [0.05, 0.1) is 13.5 Å². The Balaban J connectivity index is 1.86. The van der Waals surface area contributed by atoms with Crippen molar-refractivity contribution >= 4 is 53.3 Å². The molecule has 0 saturated carbocycles. The van der Waals surface area contributed by atoms with Crippen molar-refractivity contribution in [2.75, 3.05) is 14.2 Å². The molecule has 7 amide bonds. The Morgan fingerprint density at radius 3 is 2.07 bits per heavy atom. The van der Waals surface area contributed by atoms with Crippen LogP contribution < -0.4 is 31.3 Å². The number of piperidine rings is 1. The summed E-state index contributed by atoms with van der Waals surface area (Å²) in [5.74, 6) is -8.74. The summed E-state index contributed by atoms with van der Waals surface area (Å²) in [6.07, 6.45) is -2.23. The van der Waals surface area contributed by atoms with Crippen LogP contribution >= 0.6 is 0 Å². The number of likely N-dealkylation sites (N-methyl/N-ethyl adjacent to an activating group) is 1. The zero-order chi connectivity index (χ0) is 51.8. The molecular weight excluding hydrogens is 907 g/mol. The van der Waals surface area contributed by atoms with Gasteiger partial charge in [0.1, 0.15) is 60.4 Å². The number of fused-ring (bicyclic) bond motifs is 2. The maximum absolute atomic E-state index is 15.1. The summed E-state index contributed by atoms with van der Waals surface area (Å²) in [7, 11) is 2.87. The summed E-state index contributed by atoms with van der Waals surface area (Å²) in [6, 6.07) is 5.19. The number of rotatable bonds is 17. The monoisotopic (exact) mass is 978 g/mol. The largest absolute Gasteiger partial charge is 0.497 e. The number of aliphatic carboxylic acids is 1. The number of carbonyl (C=O) groups is 9. The second-order valence-corrected chi connectivity index (χ2v) is 18.8. The number of nitrogens with one attached hydrogen (secondary N) is 5. The molecule has 7 N–H and O–H groups in total. The Kier molecular flexibility index (Phi) is 21.1. The van der Waals surface area contributed by atoms with Crippen LogP contribution in [0.4, 0.5) is 0 Å². The van der Waals surface area contributed by atoms with Gasteiger partial charge in [-0.1, -0.05) is 89.9 Å². The van der Waals surface area contributed by atoms with Gasteiger partial charge in [-0.3, -0.25) is 38.4 Å². The van der Waals surface area contributed by atoms with Crippen LogP contribution in [-0.4, -0.2) is 142 Å². The number of carboxylic acid groups (broad SMARTS) is 1. The van der Waals surface area contributed by atoms with E-state index in [1.165, 1.54) is 21.1 Å². The Labute approximate surface area is 409 Å². The number of aliphatic hydroxyl groups is 1. The third-order valence-corrected chi connectivity index (χ3v) is 12.5. The predicted octanol–water partition coefficient (Wildman–Crippen LogP) is 1.74. The van der Waals surface area contributed by atoms with Crippen molar-refractivity contribution in [3.63, 3.8) is 0 Å². The van der Waals surface area contributed by atoms with Crippen molar-refractivity contribution in [2.45, 2.75) is 160 Å². The number of unbranched alkanes of at least 4 members (excludes halogenated alkanes) is 2. The quantitative estimate of drug-likeness (QED) is 0.0881. The lowest BCUT2D eigenvalue weighted by atomic mass is 9.95. The van der Waals surface area contributed by atoms with E-state index in [1.54, 1.807) is 82.3 Å². The molecule has 20 nitrogen and oxygen atoms in total. The minimum atomic E-state index is -1.81. The molecule has 0 aliphatic carbocycles. The first-order valence-electron chi connectivity index (χ1n) is 24.0. The van der Waals surface area contributed by atoms with E-state index in [-0.39, 0.29) is 44.4 Å². The summed E-state index contributed by atoms with van der Waals surface area (Å²) in [4.78, 5) is 128. The van der Waals surface area contributed by atoms with Gasteiger partial charge in [-0.05, 0) is 67.7 Å². The fraction of sp³-hybridized carbons (Fsp3) is 0.580. The molecule has 0 spiro atoms. The third-order valence-electron chi connectivity index (χ3n) is 12.5. The van der Waals surface area contributed by atoms with Crippen molar-refractivity contribution in [2.24, 2.45) is 11.8 Å². The highest BCUT2D eigenvalue weighted by molar-refractivity contribution is 5.99. The van der Waals surface area contributed by atoms with Gasteiger partial charge in [-0.15, -0.1) is 0 Å². The molecule has 2 aliphatic heterocycles. The summed E-state index contributed by atoms with van der Waals surface area (Å²) < 4.78 is 11.2. The lowest BCUT2D eigenvalue weighted by Gasteiger charge is -2.43. The Bertz CT molecular complexity index is 2150. The molecule has 2 aromatic carbocycles. The van der Waals surface area contributed by atoms with Crippen LogP contribution in [0.25, 0.3) is 0 Å². The van der Waals surface area contributed by atoms with Crippen LogP contribution in [0.1, 0.15) is 104 Å². The van der Waals surface area contributed by atoms with E-state index in [1.807, 2.05) is 6.92 Å². The van der Waals surface area contributed by atoms with E-state index < -0.39 is 120 Å². The molecule has 2 bridgehead atoms. The van der Waals surface area contributed by atoms with Crippen molar-refractivity contribution in [1.29, 1.82) is 0 Å². The number of hydrogen-bond donors (Lipinski definition) is 7. The topological polar surface area (TPSA) is 279 Å². The summed E-state index contributed by atoms with van der Waals surface area (Å²) in [5, 5.41) is 34.2. The number of carbonyl (C=O) groups excluding carboxylic acids is 8. The van der Waals surface area contributed by atoms with Crippen LogP contribution in [0.2, 0.25) is 0 Å². The number of esters is 1. The number of hydrogen-bond acceptors (Lipinski definition) is 12. The van der Waals surface area contributed by atoms with Crippen LogP contribution in [0.15, 0.2) is 54.6 Å². The van der Waals surface area contributed by atoms with E-state index in [9.17, 15) is 48.6 Å². The molecular formula is C50H71N7O13. The number of nitrogens with zero attached hydrogens (tertiary/aromatic N) is 2. The lowest BCUT2D eigenvalue weighted by Crippen LogP contribution is -2.65. The maximum atomic E-state index is 15.1. The molecule has 0 aromatic heterocycles. The van der Waals surface area contributed by atoms with Crippen LogP contribution in [0.3, 0.4) is 0 Å². The van der Waals surface area contributed by atoms with Crippen molar-refractivity contribution in [3.05, 3.63) is 65.7 Å². The van der Waals surface area contributed by atoms with Gasteiger partial charge in [0.25, 0.3) is 0 Å². The Morgan fingerprint density at radius 1 is 0.829 bits per heavy atom. The van der Waals surface area contributed by atoms with Gasteiger partial charge in [0.15, 0.2) is 0 Å². The number of benzene rings is 2. The molecule has 2 heterocycles. The highest BCUT2D eigenvalue weighted by atomic mass is 16.5. The summed E-state index contributed by atoms with van der Waals surface area (Å²) >= 11 is 0. The number of ether oxygens (including phenoxy) is 2. The lowest BCUT2D eigenvalue weighted by molar-refractivity contribution is -0.165. The first-order valence-corrected chi connectivity index (χ1v) is 24.0. The van der Waals surface area contributed by atoms with Crippen molar-refractivity contribution in [3.8, 4) is 5.75 Å². The zero-order valence-corrected chi connectivity index (χ0v) is 41.4. The molecule has 2 fully saturated rings. The van der Waals surface area contributed by atoms with E-state index in [4.69, 9.17) is 9.47 Å². The molecule has 9 atom stereocenters.